The Morgan fingerprint density at radius 3 is 2.55 bits per heavy atom. The molecule has 11 heavy (non-hydrogen) atoms. The molecular formula is C9H18ClN. The van der Waals surface area contributed by atoms with Crippen LogP contribution in [0.2, 0.25) is 0 Å². The van der Waals surface area contributed by atoms with E-state index < -0.39 is 0 Å². The van der Waals surface area contributed by atoms with Gasteiger partial charge in [-0.15, -0.1) is 19.0 Å². The molecule has 1 saturated heterocycles. The quantitative estimate of drug-likeness (QED) is 0.650. The van der Waals surface area contributed by atoms with Gasteiger partial charge in [-0.2, -0.15) is 0 Å². The monoisotopic (exact) mass is 175 g/mol. The van der Waals surface area contributed by atoms with Crippen molar-refractivity contribution in [3.63, 3.8) is 0 Å². The third-order valence-electron chi connectivity index (χ3n) is 2.24. The minimum atomic E-state index is 0. The molecule has 66 valence electrons. The first-order valence-electron chi connectivity index (χ1n) is 4.25. The maximum absolute atomic E-state index is 3.73. The van der Waals surface area contributed by atoms with E-state index in [4.69, 9.17) is 0 Å². The second-order valence-electron chi connectivity index (χ2n) is 3.06. The van der Waals surface area contributed by atoms with Gasteiger partial charge >= 0.3 is 0 Å². The summed E-state index contributed by atoms with van der Waals surface area (Å²) in [5.41, 5.74) is 0. The van der Waals surface area contributed by atoms with Crippen LogP contribution in [0.1, 0.15) is 25.7 Å². The third-order valence-corrected chi connectivity index (χ3v) is 2.24. The summed E-state index contributed by atoms with van der Waals surface area (Å²) < 4.78 is 0. The van der Waals surface area contributed by atoms with Gasteiger partial charge in [0.25, 0.3) is 0 Å². The average molecular weight is 176 g/mol. The number of piperidine rings is 1. The number of allylic oxidation sites excluding steroid dienone is 1. The molecule has 1 aliphatic heterocycles. The highest BCUT2D eigenvalue weighted by Crippen LogP contribution is 2.17. The summed E-state index contributed by atoms with van der Waals surface area (Å²) in [6.45, 7) is 6.18. The Kier molecular flexibility index (Phi) is 6.68. The third kappa shape index (κ3) is 4.44. The fourth-order valence-corrected chi connectivity index (χ4v) is 1.52. The number of halogens is 1. The lowest BCUT2D eigenvalue weighted by Gasteiger charge is -2.21. The molecule has 1 fully saturated rings. The zero-order valence-electron chi connectivity index (χ0n) is 7.01. The van der Waals surface area contributed by atoms with Gasteiger partial charge in [0.1, 0.15) is 0 Å². The van der Waals surface area contributed by atoms with E-state index in [1.807, 2.05) is 6.08 Å². The first kappa shape index (κ1) is 11.0. The average Bonchev–Trinajstić information content (AvgIpc) is 2.03. The molecule has 0 aromatic rings. The van der Waals surface area contributed by atoms with Crippen molar-refractivity contribution < 1.29 is 0 Å². The SMILES string of the molecule is C=CCCC1CCNCC1.Cl. The second-order valence-corrected chi connectivity index (χ2v) is 3.06. The molecule has 0 spiro atoms. The van der Waals surface area contributed by atoms with Gasteiger partial charge in [-0.05, 0) is 44.7 Å². The maximum atomic E-state index is 3.73. The van der Waals surface area contributed by atoms with Crippen LogP contribution in [0.25, 0.3) is 0 Å². The van der Waals surface area contributed by atoms with Crippen LogP contribution in [0, 0.1) is 5.92 Å². The van der Waals surface area contributed by atoms with E-state index >= 15 is 0 Å². The highest BCUT2D eigenvalue weighted by atomic mass is 35.5. The highest BCUT2D eigenvalue weighted by Gasteiger charge is 2.10. The summed E-state index contributed by atoms with van der Waals surface area (Å²) in [6, 6.07) is 0. The molecule has 0 saturated carbocycles. The van der Waals surface area contributed by atoms with E-state index in [0.29, 0.717) is 0 Å². The first-order chi connectivity index (χ1) is 4.93. The molecule has 1 aliphatic rings. The fraction of sp³-hybridized carbons (Fsp3) is 0.778. The largest absolute Gasteiger partial charge is 0.317 e. The lowest BCUT2D eigenvalue weighted by atomic mass is 9.93. The van der Waals surface area contributed by atoms with Crippen LogP contribution in [0.4, 0.5) is 0 Å². The van der Waals surface area contributed by atoms with E-state index in [1.165, 1.54) is 38.8 Å². The van der Waals surface area contributed by atoms with Gasteiger partial charge < -0.3 is 5.32 Å². The molecule has 0 atom stereocenters. The van der Waals surface area contributed by atoms with E-state index in [1.54, 1.807) is 0 Å². The van der Waals surface area contributed by atoms with Crippen LogP contribution in [0.3, 0.4) is 0 Å². The van der Waals surface area contributed by atoms with Gasteiger partial charge in [0, 0.05) is 0 Å². The minimum Gasteiger partial charge on any atom is -0.317 e. The van der Waals surface area contributed by atoms with Gasteiger partial charge in [-0.25, -0.2) is 0 Å². The Bertz CT molecular complexity index is 97.7. The maximum Gasteiger partial charge on any atom is -0.00463 e. The predicted molar refractivity (Wildman–Crippen MR) is 52.3 cm³/mol. The molecule has 1 heterocycles. The zero-order chi connectivity index (χ0) is 7.23. The number of hydrogen-bond donors (Lipinski definition) is 1. The Balaban J connectivity index is 0.000001000. The summed E-state index contributed by atoms with van der Waals surface area (Å²) >= 11 is 0. The van der Waals surface area contributed by atoms with Crippen molar-refractivity contribution in [2.75, 3.05) is 13.1 Å². The molecule has 0 aromatic carbocycles. The number of hydrogen-bond acceptors (Lipinski definition) is 1. The van der Waals surface area contributed by atoms with Gasteiger partial charge in [-0.1, -0.05) is 6.08 Å². The van der Waals surface area contributed by atoms with Crippen molar-refractivity contribution in [2.45, 2.75) is 25.7 Å². The molecule has 0 bridgehead atoms. The Morgan fingerprint density at radius 2 is 2.00 bits per heavy atom. The molecule has 1 N–H and O–H groups in total. The van der Waals surface area contributed by atoms with Crippen molar-refractivity contribution >= 4 is 12.4 Å². The van der Waals surface area contributed by atoms with Crippen molar-refractivity contribution in [2.24, 2.45) is 5.92 Å². The Morgan fingerprint density at radius 1 is 1.36 bits per heavy atom. The van der Waals surface area contributed by atoms with Crippen LogP contribution in [-0.2, 0) is 0 Å². The van der Waals surface area contributed by atoms with E-state index in [0.717, 1.165) is 5.92 Å². The molecule has 0 aromatic heterocycles. The van der Waals surface area contributed by atoms with Crippen molar-refractivity contribution in [1.29, 1.82) is 0 Å². The van der Waals surface area contributed by atoms with Crippen LogP contribution in [0.5, 0.6) is 0 Å². The van der Waals surface area contributed by atoms with Crippen LogP contribution in [0.15, 0.2) is 12.7 Å². The normalized spacial score (nSPS) is 18.9. The minimum absolute atomic E-state index is 0. The molecule has 0 radical (unpaired) electrons. The summed E-state index contributed by atoms with van der Waals surface area (Å²) in [4.78, 5) is 0. The summed E-state index contributed by atoms with van der Waals surface area (Å²) in [5.74, 6) is 0.972. The van der Waals surface area contributed by atoms with Gasteiger partial charge in [0.2, 0.25) is 0 Å². The smallest absolute Gasteiger partial charge is 0.00463 e. The van der Waals surface area contributed by atoms with Gasteiger partial charge in [0.15, 0.2) is 0 Å². The molecule has 1 nitrogen and oxygen atoms in total. The molecule has 0 unspecified atom stereocenters. The number of nitrogens with one attached hydrogen (secondary N) is 1. The fourth-order valence-electron chi connectivity index (χ4n) is 1.52. The van der Waals surface area contributed by atoms with Crippen molar-refractivity contribution in [1.82, 2.24) is 5.32 Å². The lowest BCUT2D eigenvalue weighted by Crippen LogP contribution is -2.27. The van der Waals surface area contributed by atoms with E-state index in [9.17, 15) is 0 Å². The summed E-state index contributed by atoms with van der Waals surface area (Å²) in [6.07, 6.45) is 7.32. The first-order valence-corrected chi connectivity index (χ1v) is 4.25. The standard InChI is InChI=1S/C9H17N.ClH/c1-2-3-4-9-5-7-10-8-6-9;/h2,9-10H,1,3-8H2;1H. The lowest BCUT2D eigenvalue weighted by molar-refractivity contribution is 0.356. The summed E-state index contributed by atoms with van der Waals surface area (Å²) in [5, 5.41) is 3.37. The van der Waals surface area contributed by atoms with E-state index in [2.05, 4.69) is 11.9 Å². The molecule has 1 rings (SSSR count). The van der Waals surface area contributed by atoms with Crippen molar-refractivity contribution in [3.8, 4) is 0 Å². The molecular weight excluding hydrogens is 158 g/mol. The molecule has 2 heteroatoms. The Hall–Kier alpha value is -0.0100. The predicted octanol–water partition coefficient (Wildman–Crippen LogP) is 2.37. The Labute approximate surface area is 75.7 Å². The number of rotatable bonds is 3. The van der Waals surface area contributed by atoms with Gasteiger partial charge in [-0.3, -0.25) is 0 Å². The highest BCUT2D eigenvalue weighted by molar-refractivity contribution is 5.85. The molecule has 0 aliphatic carbocycles. The second kappa shape index (κ2) is 6.68. The summed E-state index contributed by atoms with van der Waals surface area (Å²) in [7, 11) is 0. The van der Waals surface area contributed by atoms with Crippen LogP contribution in [-0.4, -0.2) is 13.1 Å². The topological polar surface area (TPSA) is 12.0 Å². The van der Waals surface area contributed by atoms with E-state index in [-0.39, 0.29) is 12.4 Å². The molecule has 0 amide bonds. The van der Waals surface area contributed by atoms with Crippen LogP contribution >= 0.6 is 12.4 Å². The van der Waals surface area contributed by atoms with Crippen LogP contribution < -0.4 is 5.32 Å². The van der Waals surface area contributed by atoms with Gasteiger partial charge in [0.05, 0.1) is 0 Å². The zero-order valence-corrected chi connectivity index (χ0v) is 7.83. The van der Waals surface area contributed by atoms with Crippen molar-refractivity contribution in [3.05, 3.63) is 12.7 Å².